The van der Waals surface area contributed by atoms with E-state index in [0.717, 1.165) is 26.7 Å². The van der Waals surface area contributed by atoms with Crippen molar-refractivity contribution in [2.24, 2.45) is 7.05 Å². The largest absolute Gasteiger partial charge is 0.387 e. The van der Waals surface area contributed by atoms with Crippen LogP contribution in [0.15, 0.2) is 37.1 Å². The fourth-order valence-corrected chi connectivity index (χ4v) is 3.64. The highest BCUT2D eigenvalue weighted by atomic mass is 32.1. The lowest BCUT2D eigenvalue weighted by Gasteiger charge is -2.09. The second-order valence-corrected chi connectivity index (χ2v) is 6.90. The summed E-state index contributed by atoms with van der Waals surface area (Å²) in [5.74, 6) is -0.210. The molecule has 0 aromatic carbocycles. The summed E-state index contributed by atoms with van der Waals surface area (Å²) in [5.41, 5.74) is 3.78. The van der Waals surface area contributed by atoms with E-state index in [1.165, 1.54) is 11.3 Å². The molecule has 0 unspecified atom stereocenters. The lowest BCUT2D eigenvalue weighted by molar-refractivity contribution is 0.102. The van der Waals surface area contributed by atoms with Gasteiger partial charge in [0, 0.05) is 32.1 Å². The number of nitrogens with one attached hydrogen (secondary N) is 2. The van der Waals surface area contributed by atoms with Gasteiger partial charge in [-0.3, -0.25) is 14.5 Å². The number of hydrogen-bond donors (Lipinski definition) is 2. The summed E-state index contributed by atoms with van der Waals surface area (Å²) in [4.78, 5) is 18.9. The molecule has 4 rings (SSSR count). The number of carbonyl (C=O) groups excluding carboxylic acids is 1. The zero-order chi connectivity index (χ0) is 18.3. The van der Waals surface area contributed by atoms with Crippen LogP contribution in [0, 0.1) is 6.92 Å². The van der Waals surface area contributed by atoms with Gasteiger partial charge in [0.25, 0.3) is 5.91 Å². The first-order valence-corrected chi connectivity index (χ1v) is 8.79. The fourth-order valence-electron chi connectivity index (χ4n) is 2.61. The van der Waals surface area contributed by atoms with Crippen molar-refractivity contribution >= 4 is 33.4 Å². The van der Waals surface area contributed by atoms with Gasteiger partial charge in [-0.1, -0.05) is 0 Å². The Morgan fingerprint density at radius 1 is 1.19 bits per heavy atom. The number of nitrogens with zero attached hydrogens (tertiary/aromatic N) is 5. The van der Waals surface area contributed by atoms with E-state index in [2.05, 4.69) is 25.8 Å². The number of aryl methyl sites for hydroxylation is 2. The first kappa shape index (κ1) is 16.3. The van der Waals surface area contributed by atoms with E-state index in [0.29, 0.717) is 11.3 Å². The minimum Gasteiger partial charge on any atom is -0.387 e. The Kier molecular flexibility index (Phi) is 3.92. The quantitative estimate of drug-likeness (QED) is 0.579. The first-order valence-electron chi connectivity index (χ1n) is 7.97. The summed E-state index contributed by atoms with van der Waals surface area (Å²) in [7, 11) is 3.68. The summed E-state index contributed by atoms with van der Waals surface area (Å²) in [6.07, 6.45) is 8.94. The molecule has 132 valence electrons. The maximum Gasteiger partial charge on any atom is 0.260 e. The maximum atomic E-state index is 12.8. The number of hydrogen-bond acceptors (Lipinski definition) is 6. The van der Waals surface area contributed by atoms with Gasteiger partial charge in [0.2, 0.25) is 0 Å². The van der Waals surface area contributed by atoms with Gasteiger partial charge in [-0.25, -0.2) is 4.52 Å². The summed E-state index contributed by atoms with van der Waals surface area (Å²) in [6, 6.07) is 1.86. The molecular formula is C17H17N7OS. The number of thiazole rings is 1. The van der Waals surface area contributed by atoms with Crippen LogP contribution in [-0.2, 0) is 7.05 Å². The lowest BCUT2D eigenvalue weighted by Crippen LogP contribution is -2.13. The van der Waals surface area contributed by atoms with Crippen molar-refractivity contribution in [2.45, 2.75) is 6.92 Å². The monoisotopic (exact) mass is 367 g/mol. The van der Waals surface area contributed by atoms with Crippen LogP contribution in [0.2, 0.25) is 0 Å². The first-order chi connectivity index (χ1) is 12.5. The molecule has 0 saturated carbocycles. The van der Waals surface area contributed by atoms with Crippen molar-refractivity contribution in [1.82, 2.24) is 24.4 Å². The van der Waals surface area contributed by atoms with E-state index < -0.39 is 0 Å². The zero-order valence-corrected chi connectivity index (χ0v) is 15.3. The van der Waals surface area contributed by atoms with Crippen molar-refractivity contribution in [1.29, 1.82) is 0 Å². The maximum absolute atomic E-state index is 12.8. The SMILES string of the molecule is CNc1cnc(C)c(NC(=O)c2cnn3cc(-c4cnn(C)c4)sc23)c1. The summed E-state index contributed by atoms with van der Waals surface area (Å²) in [6.45, 7) is 1.86. The van der Waals surface area contributed by atoms with Crippen LogP contribution in [0.3, 0.4) is 0 Å². The smallest absolute Gasteiger partial charge is 0.260 e. The second-order valence-electron chi connectivity index (χ2n) is 5.87. The topological polar surface area (TPSA) is 89.1 Å². The fraction of sp³-hybridized carbons (Fsp3) is 0.176. The molecule has 26 heavy (non-hydrogen) atoms. The molecule has 2 N–H and O–H groups in total. The van der Waals surface area contributed by atoms with Gasteiger partial charge in [-0.15, -0.1) is 11.3 Å². The van der Waals surface area contributed by atoms with Crippen molar-refractivity contribution < 1.29 is 4.79 Å². The third-order valence-corrected chi connectivity index (χ3v) is 5.22. The van der Waals surface area contributed by atoms with Crippen LogP contribution in [0.1, 0.15) is 16.1 Å². The summed E-state index contributed by atoms with van der Waals surface area (Å²) < 4.78 is 3.47. The van der Waals surface area contributed by atoms with Gasteiger partial charge in [0.15, 0.2) is 0 Å². The molecule has 0 aliphatic rings. The molecule has 0 atom stereocenters. The van der Waals surface area contributed by atoms with E-state index in [1.54, 1.807) is 27.8 Å². The van der Waals surface area contributed by atoms with Crippen LogP contribution >= 0.6 is 11.3 Å². The molecule has 0 spiro atoms. The highest BCUT2D eigenvalue weighted by molar-refractivity contribution is 7.21. The zero-order valence-electron chi connectivity index (χ0n) is 14.5. The highest BCUT2D eigenvalue weighted by Gasteiger charge is 2.18. The third-order valence-electron chi connectivity index (χ3n) is 4.05. The molecule has 0 fully saturated rings. The van der Waals surface area contributed by atoms with Crippen molar-refractivity contribution in [3.05, 3.63) is 48.3 Å². The molecule has 4 heterocycles. The van der Waals surface area contributed by atoms with E-state index in [-0.39, 0.29) is 5.91 Å². The van der Waals surface area contributed by atoms with Crippen molar-refractivity contribution in [3.8, 4) is 10.4 Å². The predicted octanol–water partition coefficient (Wildman–Crippen LogP) is 2.79. The molecule has 1 amide bonds. The standard InChI is InChI=1S/C17H17N7OS/c1-10-14(4-12(18-2)6-19-10)22-16(25)13-7-21-24-9-15(26-17(13)24)11-5-20-23(3)8-11/h4-9,18H,1-3H3,(H,22,25). The van der Waals surface area contributed by atoms with Crippen LogP contribution in [-0.4, -0.2) is 37.3 Å². The summed E-state index contributed by atoms with van der Waals surface area (Å²) in [5, 5.41) is 14.4. The normalized spacial score (nSPS) is 11.0. The van der Waals surface area contributed by atoms with E-state index in [9.17, 15) is 4.79 Å². The Balaban J connectivity index is 1.66. The second kappa shape index (κ2) is 6.26. The van der Waals surface area contributed by atoms with Crippen molar-refractivity contribution in [3.63, 3.8) is 0 Å². The van der Waals surface area contributed by atoms with Gasteiger partial charge in [0.05, 0.1) is 46.1 Å². The molecule has 0 saturated heterocycles. The van der Waals surface area contributed by atoms with Gasteiger partial charge in [0.1, 0.15) is 4.83 Å². The Morgan fingerprint density at radius 3 is 2.77 bits per heavy atom. The minimum atomic E-state index is -0.210. The number of pyridine rings is 1. The minimum absolute atomic E-state index is 0.210. The van der Waals surface area contributed by atoms with Gasteiger partial charge >= 0.3 is 0 Å². The van der Waals surface area contributed by atoms with Crippen LogP contribution < -0.4 is 10.6 Å². The van der Waals surface area contributed by atoms with Crippen LogP contribution in [0.5, 0.6) is 0 Å². The Hall–Kier alpha value is -3.20. The van der Waals surface area contributed by atoms with Crippen LogP contribution in [0.4, 0.5) is 11.4 Å². The van der Waals surface area contributed by atoms with Crippen molar-refractivity contribution in [2.75, 3.05) is 17.7 Å². The number of rotatable bonds is 4. The van der Waals surface area contributed by atoms with Gasteiger partial charge in [-0.2, -0.15) is 10.2 Å². The Labute approximate surface area is 153 Å². The van der Waals surface area contributed by atoms with Crippen LogP contribution in [0.25, 0.3) is 15.3 Å². The number of fused-ring (bicyclic) bond motifs is 1. The molecular weight excluding hydrogens is 350 g/mol. The average molecular weight is 367 g/mol. The third kappa shape index (κ3) is 2.82. The molecule has 8 nitrogen and oxygen atoms in total. The number of aromatic nitrogens is 5. The van der Waals surface area contributed by atoms with Gasteiger partial charge < -0.3 is 10.6 Å². The summed E-state index contributed by atoms with van der Waals surface area (Å²) >= 11 is 1.51. The molecule has 0 radical (unpaired) electrons. The number of anilines is 2. The number of amides is 1. The number of carbonyl (C=O) groups is 1. The molecule has 4 aromatic heterocycles. The predicted molar refractivity (Wildman–Crippen MR) is 102 cm³/mol. The van der Waals surface area contributed by atoms with Gasteiger partial charge in [-0.05, 0) is 13.0 Å². The Morgan fingerprint density at radius 2 is 2.04 bits per heavy atom. The highest BCUT2D eigenvalue weighted by Crippen LogP contribution is 2.30. The molecule has 0 aliphatic heterocycles. The Bertz CT molecular complexity index is 1110. The van der Waals surface area contributed by atoms with E-state index in [1.807, 2.05) is 39.5 Å². The molecule has 4 aromatic rings. The molecule has 0 aliphatic carbocycles. The molecule has 0 bridgehead atoms. The van der Waals surface area contributed by atoms with E-state index in [4.69, 9.17) is 0 Å². The molecule has 9 heteroatoms. The van der Waals surface area contributed by atoms with E-state index >= 15 is 0 Å². The average Bonchev–Trinajstić information content (AvgIpc) is 3.31. The lowest BCUT2D eigenvalue weighted by atomic mass is 10.2.